The molecule has 92 valence electrons. The van der Waals surface area contributed by atoms with Gasteiger partial charge in [0, 0.05) is 0 Å². The van der Waals surface area contributed by atoms with Gasteiger partial charge in [-0.1, -0.05) is 40.2 Å². The fourth-order valence-corrected chi connectivity index (χ4v) is 3.51. The fourth-order valence-electron chi connectivity index (χ4n) is 1.71. The van der Waals surface area contributed by atoms with Crippen LogP contribution in [0.5, 0.6) is 0 Å². The Morgan fingerprint density at radius 3 is 3.06 bits per heavy atom. The predicted molar refractivity (Wildman–Crippen MR) is 76.1 cm³/mol. The van der Waals surface area contributed by atoms with E-state index in [2.05, 4.69) is 25.3 Å². The van der Waals surface area contributed by atoms with E-state index in [9.17, 15) is 0 Å². The average Bonchev–Trinajstić information content (AvgIpc) is 2.99. The van der Waals surface area contributed by atoms with Crippen molar-refractivity contribution in [3.8, 4) is 11.6 Å². The number of hydrogen-bond acceptors (Lipinski definition) is 4. The SMILES string of the molecule is ClC1(Br)C=CC=CC1c1nc(-c2ccco2)ns1. The normalized spacial score (nSPS) is 26.7. The first kappa shape index (κ1) is 12.1. The van der Waals surface area contributed by atoms with Crippen molar-refractivity contribution in [3.05, 3.63) is 47.7 Å². The molecule has 3 rings (SSSR count). The zero-order valence-electron chi connectivity index (χ0n) is 9.09. The number of aromatic nitrogens is 2. The molecule has 0 saturated carbocycles. The van der Waals surface area contributed by atoms with Crippen LogP contribution in [-0.4, -0.2) is 13.1 Å². The van der Waals surface area contributed by atoms with Gasteiger partial charge in [-0.3, -0.25) is 0 Å². The third kappa shape index (κ3) is 2.18. The van der Waals surface area contributed by atoms with Gasteiger partial charge in [0.05, 0.1) is 12.2 Å². The van der Waals surface area contributed by atoms with Crippen LogP contribution in [0.4, 0.5) is 0 Å². The van der Waals surface area contributed by atoms with E-state index in [0.717, 1.165) is 5.01 Å². The molecule has 0 spiro atoms. The summed E-state index contributed by atoms with van der Waals surface area (Å²) in [4.78, 5) is 4.49. The molecule has 0 radical (unpaired) electrons. The highest BCUT2D eigenvalue weighted by Gasteiger charge is 2.35. The molecular formula is C12H8BrClN2OS. The summed E-state index contributed by atoms with van der Waals surface area (Å²) in [5.74, 6) is 1.23. The number of nitrogens with zero attached hydrogens (tertiary/aromatic N) is 2. The van der Waals surface area contributed by atoms with Crippen LogP contribution in [0, 0.1) is 0 Å². The van der Waals surface area contributed by atoms with Gasteiger partial charge in [-0.2, -0.15) is 4.37 Å². The predicted octanol–water partition coefficient (Wildman–Crippen LogP) is 4.34. The minimum atomic E-state index is -0.637. The Labute approximate surface area is 121 Å². The lowest BCUT2D eigenvalue weighted by Crippen LogP contribution is -2.20. The summed E-state index contributed by atoms with van der Waals surface area (Å²) in [5, 5.41) is 0.855. The van der Waals surface area contributed by atoms with Crippen LogP contribution >= 0.6 is 39.1 Å². The second-order valence-electron chi connectivity index (χ2n) is 3.83. The maximum atomic E-state index is 6.40. The van der Waals surface area contributed by atoms with Crippen molar-refractivity contribution in [1.82, 2.24) is 9.36 Å². The van der Waals surface area contributed by atoms with Crippen molar-refractivity contribution < 1.29 is 4.42 Å². The Bertz CT molecular complexity index is 603. The van der Waals surface area contributed by atoms with Gasteiger partial charge in [-0.15, -0.1) is 11.6 Å². The molecule has 6 heteroatoms. The van der Waals surface area contributed by atoms with Crippen molar-refractivity contribution in [3.63, 3.8) is 0 Å². The topological polar surface area (TPSA) is 38.9 Å². The van der Waals surface area contributed by atoms with E-state index in [4.69, 9.17) is 16.0 Å². The van der Waals surface area contributed by atoms with Gasteiger partial charge in [0.1, 0.15) is 8.79 Å². The van der Waals surface area contributed by atoms with Gasteiger partial charge in [-0.05, 0) is 23.7 Å². The third-order valence-corrected chi connectivity index (χ3v) is 4.51. The summed E-state index contributed by atoms with van der Waals surface area (Å²) in [6.07, 6.45) is 9.38. The molecule has 0 aromatic carbocycles. The number of alkyl halides is 2. The summed E-state index contributed by atoms with van der Waals surface area (Å²) < 4.78 is 8.94. The van der Waals surface area contributed by atoms with Crippen molar-refractivity contribution in [2.24, 2.45) is 0 Å². The average molecular weight is 344 g/mol. The van der Waals surface area contributed by atoms with E-state index in [-0.39, 0.29) is 5.92 Å². The van der Waals surface area contributed by atoms with Crippen LogP contribution in [-0.2, 0) is 0 Å². The Hall–Kier alpha value is -0.910. The fraction of sp³-hybridized carbons (Fsp3) is 0.167. The van der Waals surface area contributed by atoms with Gasteiger partial charge in [0.15, 0.2) is 5.76 Å². The Morgan fingerprint density at radius 1 is 1.44 bits per heavy atom. The summed E-state index contributed by atoms with van der Waals surface area (Å²) in [5.41, 5.74) is 0. The highest BCUT2D eigenvalue weighted by atomic mass is 79.9. The minimum absolute atomic E-state index is 0.0367. The molecule has 3 nitrogen and oxygen atoms in total. The van der Waals surface area contributed by atoms with Crippen LogP contribution in [0.1, 0.15) is 10.9 Å². The van der Waals surface area contributed by atoms with Crippen LogP contribution in [0.25, 0.3) is 11.6 Å². The van der Waals surface area contributed by atoms with Crippen molar-refractivity contribution >= 4 is 39.1 Å². The molecule has 2 heterocycles. The first-order valence-electron chi connectivity index (χ1n) is 5.28. The molecule has 0 N–H and O–H groups in total. The molecule has 2 aromatic heterocycles. The third-order valence-electron chi connectivity index (χ3n) is 2.60. The molecule has 2 atom stereocenters. The van der Waals surface area contributed by atoms with Gasteiger partial charge in [0.25, 0.3) is 0 Å². The Morgan fingerprint density at radius 2 is 2.33 bits per heavy atom. The molecule has 0 saturated heterocycles. The summed E-state index contributed by atoms with van der Waals surface area (Å²) >= 11 is 11.2. The zero-order chi connectivity index (χ0) is 12.6. The molecule has 0 amide bonds. The van der Waals surface area contributed by atoms with E-state index >= 15 is 0 Å². The summed E-state index contributed by atoms with van der Waals surface area (Å²) in [7, 11) is 0. The smallest absolute Gasteiger partial charge is 0.208 e. The Kier molecular flexibility index (Phi) is 3.13. The minimum Gasteiger partial charge on any atom is -0.461 e. The standard InChI is InChI=1S/C12H8BrClN2OS/c13-12(14)6-2-1-4-8(12)11-15-10(16-18-11)9-5-3-7-17-9/h1-8H. The van der Waals surface area contributed by atoms with Gasteiger partial charge >= 0.3 is 0 Å². The molecule has 0 fully saturated rings. The summed E-state index contributed by atoms with van der Waals surface area (Å²) in [6.45, 7) is 0. The van der Waals surface area contributed by atoms with Crippen molar-refractivity contribution in [1.29, 1.82) is 0 Å². The van der Waals surface area contributed by atoms with E-state index in [0.29, 0.717) is 11.6 Å². The summed E-state index contributed by atoms with van der Waals surface area (Å²) in [6, 6.07) is 3.65. The number of rotatable bonds is 2. The van der Waals surface area contributed by atoms with Gasteiger partial charge in [0.2, 0.25) is 5.82 Å². The van der Waals surface area contributed by atoms with Crippen LogP contribution in [0.2, 0.25) is 0 Å². The Balaban J connectivity index is 1.94. The second kappa shape index (κ2) is 4.64. The lowest BCUT2D eigenvalue weighted by molar-refractivity contribution is 0.578. The highest BCUT2D eigenvalue weighted by molar-refractivity contribution is 9.10. The maximum Gasteiger partial charge on any atom is 0.208 e. The second-order valence-corrected chi connectivity index (χ2v) is 7.01. The van der Waals surface area contributed by atoms with Gasteiger partial charge < -0.3 is 4.42 Å². The quantitative estimate of drug-likeness (QED) is 0.762. The lowest BCUT2D eigenvalue weighted by atomic mass is 10.0. The molecule has 2 aromatic rings. The molecule has 0 bridgehead atoms. The number of allylic oxidation sites excluding steroid dienone is 4. The molecular weight excluding hydrogens is 336 g/mol. The van der Waals surface area contributed by atoms with Crippen LogP contribution in [0.3, 0.4) is 0 Å². The largest absolute Gasteiger partial charge is 0.461 e. The number of furan rings is 1. The maximum absolute atomic E-state index is 6.40. The van der Waals surface area contributed by atoms with Crippen molar-refractivity contribution in [2.45, 2.75) is 9.70 Å². The molecule has 2 unspecified atom stereocenters. The van der Waals surface area contributed by atoms with Crippen LogP contribution in [0.15, 0.2) is 47.1 Å². The molecule has 1 aliphatic carbocycles. The molecule has 1 aliphatic rings. The first-order chi connectivity index (χ1) is 8.67. The number of hydrogen-bond donors (Lipinski definition) is 0. The van der Waals surface area contributed by atoms with Gasteiger partial charge in [-0.25, -0.2) is 4.98 Å². The van der Waals surface area contributed by atoms with E-state index in [1.165, 1.54) is 11.5 Å². The highest BCUT2D eigenvalue weighted by Crippen LogP contribution is 2.44. The number of halogens is 2. The molecule has 18 heavy (non-hydrogen) atoms. The van der Waals surface area contributed by atoms with E-state index in [1.807, 2.05) is 36.4 Å². The van der Waals surface area contributed by atoms with E-state index < -0.39 is 3.78 Å². The zero-order valence-corrected chi connectivity index (χ0v) is 12.2. The lowest BCUT2D eigenvalue weighted by Gasteiger charge is -2.24. The first-order valence-corrected chi connectivity index (χ1v) is 7.22. The van der Waals surface area contributed by atoms with E-state index in [1.54, 1.807) is 6.26 Å². The monoisotopic (exact) mass is 342 g/mol. The molecule has 0 aliphatic heterocycles. The van der Waals surface area contributed by atoms with Crippen LogP contribution < -0.4 is 0 Å². The van der Waals surface area contributed by atoms with Crippen molar-refractivity contribution in [2.75, 3.05) is 0 Å².